The summed E-state index contributed by atoms with van der Waals surface area (Å²) < 4.78 is 0. The normalized spacial score (nSPS) is 18.1. The molecule has 0 nitrogen and oxygen atoms in total. The fraction of sp³-hybridized carbons (Fsp3) is 0.444. The molecule has 0 heteroatoms. The summed E-state index contributed by atoms with van der Waals surface area (Å²) in [6.07, 6.45) is 20.2. The molecule has 4 rings (SSSR count). The maximum Gasteiger partial charge on any atom is -0.0162 e. The van der Waals surface area contributed by atoms with Crippen LogP contribution < -0.4 is 0 Å². The van der Waals surface area contributed by atoms with E-state index in [4.69, 9.17) is 0 Å². The van der Waals surface area contributed by atoms with Crippen LogP contribution in [0.15, 0.2) is 84.9 Å². The predicted molar refractivity (Wildman–Crippen MR) is 158 cm³/mol. The van der Waals surface area contributed by atoms with Gasteiger partial charge in [0.1, 0.15) is 0 Å². The maximum atomic E-state index is 2.51. The van der Waals surface area contributed by atoms with E-state index in [2.05, 4.69) is 98.8 Å². The van der Waals surface area contributed by atoms with Gasteiger partial charge in [-0.25, -0.2) is 0 Å². The van der Waals surface area contributed by atoms with Crippen molar-refractivity contribution in [2.24, 2.45) is 5.92 Å². The second-order valence-corrected chi connectivity index (χ2v) is 10.9. The number of rotatable bonds is 12. The Balaban J connectivity index is 1.17. The molecule has 190 valence electrons. The van der Waals surface area contributed by atoms with Gasteiger partial charge in [0.15, 0.2) is 0 Å². The molecule has 0 saturated heterocycles. The Kier molecular flexibility index (Phi) is 10.5. The van der Waals surface area contributed by atoms with Crippen molar-refractivity contribution in [3.05, 3.63) is 107 Å². The molecular formula is C36H46. The fourth-order valence-electron chi connectivity index (χ4n) is 5.74. The highest BCUT2D eigenvalue weighted by molar-refractivity contribution is 5.64. The topological polar surface area (TPSA) is 0 Å². The Hall–Kier alpha value is -2.60. The number of benzene rings is 3. The van der Waals surface area contributed by atoms with Crippen molar-refractivity contribution in [2.75, 3.05) is 0 Å². The lowest BCUT2D eigenvalue weighted by atomic mass is 9.78. The first-order chi connectivity index (χ1) is 17.7. The van der Waals surface area contributed by atoms with Crippen LogP contribution in [0.1, 0.15) is 99.8 Å². The Labute approximate surface area is 220 Å². The summed E-state index contributed by atoms with van der Waals surface area (Å²) in [5, 5.41) is 0. The van der Waals surface area contributed by atoms with Crippen LogP contribution in [0.4, 0.5) is 0 Å². The Bertz CT molecular complexity index is 1030. The highest BCUT2D eigenvalue weighted by Crippen LogP contribution is 2.36. The minimum Gasteiger partial charge on any atom is -0.0879 e. The molecule has 0 aliphatic heterocycles. The average Bonchev–Trinajstić information content (AvgIpc) is 2.93. The van der Waals surface area contributed by atoms with E-state index in [1.54, 1.807) is 5.56 Å². The Morgan fingerprint density at radius 3 is 1.72 bits per heavy atom. The monoisotopic (exact) mass is 478 g/mol. The molecule has 1 fully saturated rings. The smallest absolute Gasteiger partial charge is 0.0162 e. The molecule has 0 aromatic heterocycles. The highest BCUT2D eigenvalue weighted by atomic mass is 14.3. The van der Waals surface area contributed by atoms with Gasteiger partial charge in [0, 0.05) is 0 Å². The molecule has 36 heavy (non-hydrogen) atoms. The fourth-order valence-corrected chi connectivity index (χ4v) is 5.74. The van der Waals surface area contributed by atoms with Crippen LogP contribution in [0.3, 0.4) is 0 Å². The molecule has 0 N–H and O–H groups in total. The van der Waals surface area contributed by atoms with Gasteiger partial charge in [-0.1, -0.05) is 118 Å². The van der Waals surface area contributed by atoms with E-state index in [-0.39, 0.29) is 0 Å². The van der Waals surface area contributed by atoms with Gasteiger partial charge in [-0.3, -0.25) is 0 Å². The molecule has 0 unspecified atom stereocenters. The van der Waals surface area contributed by atoms with Crippen molar-refractivity contribution >= 4 is 0 Å². The maximum absolute atomic E-state index is 2.51. The molecule has 0 atom stereocenters. The summed E-state index contributed by atoms with van der Waals surface area (Å²) in [4.78, 5) is 0. The van der Waals surface area contributed by atoms with Crippen LogP contribution >= 0.6 is 0 Å². The molecule has 1 aliphatic carbocycles. The van der Waals surface area contributed by atoms with Gasteiger partial charge in [-0.15, -0.1) is 0 Å². The van der Waals surface area contributed by atoms with E-state index in [0.717, 1.165) is 24.7 Å². The van der Waals surface area contributed by atoms with Gasteiger partial charge in [-0.05, 0) is 103 Å². The zero-order chi connectivity index (χ0) is 25.0. The van der Waals surface area contributed by atoms with Crippen LogP contribution in [0, 0.1) is 5.92 Å². The van der Waals surface area contributed by atoms with Crippen molar-refractivity contribution in [2.45, 2.75) is 96.8 Å². The van der Waals surface area contributed by atoms with Crippen molar-refractivity contribution in [1.29, 1.82) is 0 Å². The van der Waals surface area contributed by atoms with Gasteiger partial charge >= 0.3 is 0 Å². The van der Waals surface area contributed by atoms with Crippen LogP contribution in [0.5, 0.6) is 0 Å². The first-order valence-electron chi connectivity index (χ1n) is 14.7. The summed E-state index contributed by atoms with van der Waals surface area (Å²) in [6.45, 7) is 4.52. The molecule has 0 bridgehead atoms. The molecule has 0 amide bonds. The summed E-state index contributed by atoms with van der Waals surface area (Å²) in [6, 6.07) is 27.9. The van der Waals surface area contributed by atoms with Crippen LogP contribution in [-0.4, -0.2) is 0 Å². The van der Waals surface area contributed by atoms with E-state index in [1.807, 2.05) is 0 Å². The van der Waals surface area contributed by atoms with Crippen LogP contribution in [0.25, 0.3) is 11.1 Å². The number of aryl methyl sites for hydroxylation is 3. The summed E-state index contributed by atoms with van der Waals surface area (Å²) >= 11 is 0. The lowest BCUT2D eigenvalue weighted by Crippen LogP contribution is -2.11. The second kappa shape index (κ2) is 14.2. The third kappa shape index (κ3) is 7.95. The summed E-state index contributed by atoms with van der Waals surface area (Å²) in [5.41, 5.74) is 8.59. The SMILES string of the molecule is CCCCCc1ccc(C2CCC(C=CCCc3ccc(-c4ccc(CCC)cc4)cc3)CC2)cc1. The van der Waals surface area contributed by atoms with Gasteiger partial charge in [0.2, 0.25) is 0 Å². The zero-order valence-electron chi connectivity index (χ0n) is 22.7. The lowest BCUT2D eigenvalue weighted by Gasteiger charge is -2.27. The quantitative estimate of drug-likeness (QED) is 0.179. The first-order valence-corrected chi connectivity index (χ1v) is 14.7. The van der Waals surface area contributed by atoms with Crippen LogP contribution in [0.2, 0.25) is 0 Å². The van der Waals surface area contributed by atoms with E-state index >= 15 is 0 Å². The Morgan fingerprint density at radius 2 is 1.14 bits per heavy atom. The highest BCUT2D eigenvalue weighted by Gasteiger charge is 2.20. The summed E-state index contributed by atoms with van der Waals surface area (Å²) in [7, 11) is 0. The molecule has 3 aromatic rings. The first kappa shape index (κ1) is 26.5. The molecule has 1 aliphatic rings. The third-order valence-corrected chi connectivity index (χ3v) is 8.08. The predicted octanol–water partition coefficient (Wildman–Crippen LogP) is 10.5. The van der Waals surface area contributed by atoms with Crippen molar-refractivity contribution < 1.29 is 0 Å². The second-order valence-electron chi connectivity index (χ2n) is 10.9. The average molecular weight is 479 g/mol. The van der Waals surface area contributed by atoms with Gasteiger partial charge in [0.05, 0.1) is 0 Å². The molecular weight excluding hydrogens is 432 g/mol. The lowest BCUT2D eigenvalue weighted by molar-refractivity contribution is 0.375. The summed E-state index contributed by atoms with van der Waals surface area (Å²) in [5.74, 6) is 1.54. The number of hydrogen-bond acceptors (Lipinski definition) is 0. The zero-order valence-corrected chi connectivity index (χ0v) is 22.7. The third-order valence-electron chi connectivity index (χ3n) is 8.08. The molecule has 0 spiro atoms. The Morgan fingerprint density at radius 1 is 0.583 bits per heavy atom. The van der Waals surface area contributed by atoms with Gasteiger partial charge in [0.25, 0.3) is 0 Å². The van der Waals surface area contributed by atoms with Crippen molar-refractivity contribution in [1.82, 2.24) is 0 Å². The number of allylic oxidation sites excluding steroid dienone is 2. The van der Waals surface area contributed by atoms with E-state index < -0.39 is 0 Å². The van der Waals surface area contributed by atoms with Crippen molar-refractivity contribution in [3.8, 4) is 11.1 Å². The molecule has 1 saturated carbocycles. The largest absolute Gasteiger partial charge is 0.0879 e. The molecule has 0 radical (unpaired) electrons. The minimum absolute atomic E-state index is 0.765. The van der Waals surface area contributed by atoms with E-state index in [0.29, 0.717) is 0 Å². The number of hydrogen-bond donors (Lipinski definition) is 0. The van der Waals surface area contributed by atoms with Gasteiger partial charge < -0.3 is 0 Å². The van der Waals surface area contributed by atoms with Crippen LogP contribution in [-0.2, 0) is 19.3 Å². The van der Waals surface area contributed by atoms with Gasteiger partial charge in [-0.2, -0.15) is 0 Å². The minimum atomic E-state index is 0.765. The van der Waals surface area contributed by atoms with E-state index in [1.165, 1.54) is 92.0 Å². The van der Waals surface area contributed by atoms with Crippen molar-refractivity contribution in [3.63, 3.8) is 0 Å². The van der Waals surface area contributed by atoms with E-state index in [9.17, 15) is 0 Å². The number of unbranched alkanes of at least 4 members (excludes halogenated alkanes) is 2. The molecule has 0 heterocycles. The molecule has 3 aromatic carbocycles. The standard InChI is InChI=1S/C36H46/c1-3-5-6-10-30-15-23-35(24-16-30)36-27-19-32(20-28-36)12-8-7-11-31-17-25-34(26-18-31)33-21-13-29(9-4-2)14-22-33/h8,12-18,21-26,32,36H,3-7,9-11,19-20,27-28H2,1-2H3.